The summed E-state index contributed by atoms with van der Waals surface area (Å²) in [6.45, 7) is 4.74. The van der Waals surface area contributed by atoms with Gasteiger partial charge in [-0.25, -0.2) is 9.97 Å². The lowest BCUT2D eigenvalue weighted by Crippen LogP contribution is -2.15. The van der Waals surface area contributed by atoms with Crippen LogP contribution in [0.15, 0.2) is 170 Å². The highest BCUT2D eigenvalue weighted by Gasteiger charge is 2.38. The molecule has 0 bridgehead atoms. The molecular formula is C47H34N2. The summed E-state index contributed by atoms with van der Waals surface area (Å²) in [7, 11) is 0. The number of aromatic nitrogens is 2. The zero-order valence-corrected chi connectivity index (χ0v) is 27.6. The summed E-state index contributed by atoms with van der Waals surface area (Å²) >= 11 is 0. The Balaban J connectivity index is 1.34. The maximum Gasteiger partial charge on any atom is 0.160 e. The Kier molecular flexibility index (Phi) is 6.84. The largest absolute Gasteiger partial charge is 0.228 e. The average Bonchev–Trinajstić information content (AvgIpc) is 3.42. The summed E-state index contributed by atoms with van der Waals surface area (Å²) in [5, 5.41) is 2.57. The van der Waals surface area contributed by atoms with Crippen LogP contribution in [0.2, 0.25) is 0 Å². The van der Waals surface area contributed by atoms with E-state index in [-0.39, 0.29) is 5.41 Å². The highest BCUT2D eigenvalue weighted by molar-refractivity contribution is 6.05. The lowest BCUT2D eigenvalue weighted by Gasteiger charge is -2.24. The number of rotatable bonds is 5. The minimum Gasteiger partial charge on any atom is -0.228 e. The van der Waals surface area contributed by atoms with Gasteiger partial charge in [0.1, 0.15) is 0 Å². The molecule has 7 aromatic carbocycles. The molecule has 9 rings (SSSR count). The smallest absolute Gasteiger partial charge is 0.160 e. The van der Waals surface area contributed by atoms with Crippen molar-refractivity contribution in [3.8, 4) is 67.3 Å². The van der Waals surface area contributed by atoms with Crippen LogP contribution in [-0.2, 0) is 5.41 Å². The molecule has 0 radical (unpaired) electrons. The summed E-state index contributed by atoms with van der Waals surface area (Å²) < 4.78 is 0. The zero-order chi connectivity index (χ0) is 33.0. The molecule has 1 aliphatic carbocycles. The first kappa shape index (κ1) is 29.1. The van der Waals surface area contributed by atoms with Gasteiger partial charge in [0.25, 0.3) is 0 Å². The van der Waals surface area contributed by atoms with Gasteiger partial charge in [-0.15, -0.1) is 0 Å². The van der Waals surface area contributed by atoms with E-state index in [1.54, 1.807) is 0 Å². The Bertz CT molecular complexity index is 2440. The molecule has 0 saturated carbocycles. The molecule has 0 N–H and O–H groups in total. The SMILES string of the molecule is CC1(C)c2ccccc2-c2c(-c3cc(-c4ccccc4)cc(-c4cc(-c5ccccc5)nc(-c5ccccc5)n4)c3)cc3ccccc3c21. The molecule has 2 nitrogen and oxygen atoms in total. The molecule has 0 saturated heterocycles. The lowest BCUT2D eigenvalue weighted by molar-refractivity contribution is 0.666. The summed E-state index contributed by atoms with van der Waals surface area (Å²) in [5.74, 6) is 0.714. The van der Waals surface area contributed by atoms with Gasteiger partial charge >= 0.3 is 0 Å². The molecule has 0 amide bonds. The van der Waals surface area contributed by atoms with E-state index in [1.165, 1.54) is 49.7 Å². The molecule has 1 aromatic heterocycles. The predicted molar refractivity (Wildman–Crippen MR) is 204 cm³/mol. The second-order valence-electron chi connectivity index (χ2n) is 13.4. The fourth-order valence-electron chi connectivity index (χ4n) is 7.68. The van der Waals surface area contributed by atoms with Gasteiger partial charge in [0.2, 0.25) is 0 Å². The quantitative estimate of drug-likeness (QED) is 0.190. The molecule has 0 spiro atoms. The third-order valence-corrected chi connectivity index (χ3v) is 10.0. The van der Waals surface area contributed by atoms with Crippen LogP contribution in [0.25, 0.3) is 78.1 Å². The third-order valence-electron chi connectivity index (χ3n) is 10.0. The molecule has 49 heavy (non-hydrogen) atoms. The van der Waals surface area contributed by atoms with Crippen molar-refractivity contribution in [2.24, 2.45) is 0 Å². The highest BCUT2D eigenvalue weighted by atomic mass is 14.9. The van der Waals surface area contributed by atoms with Gasteiger partial charge in [0.15, 0.2) is 5.82 Å². The summed E-state index contributed by atoms with van der Waals surface area (Å²) in [6, 6.07) is 60.7. The van der Waals surface area contributed by atoms with E-state index in [0.717, 1.165) is 33.6 Å². The van der Waals surface area contributed by atoms with Crippen LogP contribution in [0.4, 0.5) is 0 Å². The second-order valence-corrected chi connectivity index (χ2v) is 13.4. The van der Waals surface area contributed by atoms with Crippen LogP contribution in [-0.4, -0.2) is 9.97 Å². The van der Waals surface area contributed by atoms with Crippen LogP contribution in [0.3, 0.4) is 0 Å². The standard InChI is InChI=1S/C47H34N2/c1-47(2)41-25-15-14-24-39(41)44-40(29-34-22-12-13-23-38(34)45(44)47)36-26-35(31-16-6-3-7-17-31)27-37(28-36)43-30-42(32-18-8-4-9-19-32)48-46(49-43)33-20-10-5-11-21-33/h3-30H,1-2H3. The van der Waals surface area contributed by atoms with Gasteiger partial charge in [0, 0.05) is 22.1 Å². The van der Waals surface area contributed by atoms with E-state index in [0.29, 0.717) is 5.82 Å². The van der Waals surface area contributed by atoms with Crippen molar-refractivity contribution in [1.29, 1.82) is 0 Å². The predicted octanol–water partition coefficient (Wildman–Crippen LogP) is 12.3. The number of benzene rings is 7. The molecule has 0 aliphatic heterocycles. The van der Waals surface area contributed by atoms with Crippen molar-refractivity contribution in [3.05, 3.63) is 181 Å². The van der Waals surface area contributed by atoms with Crippen LogP contribution in [0, 0.1) is 0 Å². The van der Waals surface area contributed by atoms with Gasteiger partial charge in [0.05, 0.1) is 11.4 Å². The van der Waals surface area contributed by atoms with Crippen LogP contribution in [0.1, 0.15) is 25.0 Å². The molecule has 0 fully saturated rings. The lowest BCUT2D eigenvalue weighted by atomic mass is 9.79. The van der Waals surface area contributed by atoms with Gasteiger partial charge in [-0.2, -0.15) is 0 Å². The minimum atomic E-state index is -0.136. The number of hydrogen-bond donors (Lipinski definition) is 0. The van der Waals surface area contributed by atoms with Crippen molar-refractivity contribution in [3.63, 3.8) is 0 Å². The molecule has 2 heteroatoms. The van der Waals surface area contributed by atoms with Gasteiger partial charge in [-0.05, 0) is 85.6 Å². The van der Waals surface area contributed by atoms with Crippen LogP contribution >= 0.6 is 0 Å². The molecule has 0 atom stereocenters. The van der Waals surface area contributed by atoms with Crippen LogP contribution in [0.5, 0.6) is 0 Å². The Morgan fingerprint density at radius 2 is 0.959 bits per heavy atom. The third kappa shape index (κ3) is 4.96. The van der Waals surface area contributed by atoms with E-state index in [4.69, 9.17) is 9.97 Å². The molecule has 1 heterocycles. The molecule has 0 unspecified atom stereocenters. The van der Waals surface area contributed by atoms with Crippen molar-refractivity contribution >= 4 is 10.8 Å². The van der Waals surface area contributed by atoms with E-state index < -0.39 is 0 Å². The van der Waals surface area contributed by atoms with Gasteiger partial charge in [-0.1, -0.05) is 153 Å². The maximum absolute atomic E-state index is 5.24. The fourth-order valence-corrected chi connectivity index (χ4v) is 7.68. The van der Waals surface area contributed by atoms with E-state index in [9.17, 15) is 0 Å². The summed E-state index contributed by atoms with van der Waals surface area (Å²) in [5.41, 5.74) is 14.9. The van der Waals surface area contributed by atoms with Crippen LogP contribution < -0.4 is 0 Å². The number of nitrogens with zero attached hydrogens (tertiary/aromatic N) is 2. The topological polar surface area (TPSA) is 25.8 Å². The van der Waals surface area contributed by atoms with E-state index in [2.05, 4.69) is 159 Å². The first-order valence-electron chi connectivity index (χ1n) is 16.9. The maximum atomic E-state index is 5.24. The monoisotopic (exact) mass is 626 g/mol. The number of hydrogen-bond acceptors (Lipinski definition) is 2. The second kappa shape index (κ2) is 11.5. The highest BCUT2D eigenvalue weighted by Crippen LogP contribution is 2.55. The Morgan fingerprint density at radius 3 is 1.69 bits per heavy atom. The van der Waals surface area contributed by atoms with Crippen molar-refractivity contribution in [2.75, 3.05) is 0 Å². The first-order valence-corrected chi connectivity index (χ1v) is 16.9. The Hall–Kier alpha value is -6.12. The molecular weight excluding hydrogens is 593 g/mol. The van der Waals surface area contributed by atoms with E-state index >= 15 is 0 Å². The van der Waals surface area contributed by atoms with E-state index in [1.807, 2.05) is 24.3 Å². The average molecular weight is 627 g/mol. The first-order chi connectivity index (χ1) is 24.0. The Morgan fingerprint density at radius 1 is 0.408 bits per heavy atom. The molecule has 1 aliphatic rings. The zero-order valence-electron chi connectivity index (χ0n) is 27.6. The molecule has 8 aromatic rings. The van der Waals surface area contributed by atoms with Gasteiger partial charge < -0.3 is 0 Å². The summed E-state index contributed by atoms with van der Waals surface area (Å²) in [4.78, 5) is 10.3. The summed E-state index contributed by atoms with van der Waals surface area (Å²) in [6.07, 6.45) is 0. The number of fused-ring (bicyclic) bond motifs is 5. The Labute approximate surface area is 287 Å². The van der Waals surface area contributed by atoms with Gasteiger partial charge in [-0.3, -0.25) is 0 Å². The van der Waals surface area contributed by atoms with Crippen molar-refractivity contribution < 1.29 is 0 Å². The van der Waals surface area contributed by atoms with Crippen molar-refractivity contribution in [2.45, 2.75) is 19.3 Å². The minimum absolute atomic E-state index is 0.136. The molecule has 232 valence electrons. The fraction of sp³-hybridized carbons (Fsp3) is 0.0638. The normalized spacial score (nSPS) is 12.9. The van der Waals surface area contributed by atoms with Crippen molar-refractivity contribution in [1.82, 2.24) is 9.97 Å².